The molecule has 0 spiro atoms. The number of methoxy groups -OCH3 is 1. The van der Waals surface area contributed by atoms with E-state index in [-0.39, 0.29) is 5.91 Å². The number of ether oxygens (including phenoxy) is 1. The predicted octanol–water partition coefficient (Wildman–Crippen LogP) is 6.15. The third-order valence-electron chi connectivity index (χ3n) is 5.55. The Kier molecular flexibility index (Phi) is 5.10. The molecule has 1 aliphatic carbocycles. The molecular formula is C24H25NO2. The van der Waals surface area contributed by atoms with Crippen molar-refractivity contribution in [3.63, 3.8) is 0 Å². The van der Waals surface area contributed by atoms with E-state index < -0.39 is 0 Å². The van der Waals surface area contributed by atoms with Crippen molar-refractivity contribution >= 4 is 22.4 Å². The first-order valence-corrected chi connectivity index (χ1v) is 9.72. The highest BCUT2D eigenvalue weighted by Crippen LogP contribution is 2.33. The number of nitrogens with one attached hydrogen (secondary N) is 1. The molecule has 0 atom stereocenters. The minimum Gasteiger partial charge on any atom is -0.497 e. The Labute approximate surface area is 160 Å². The van der Waals surface area contributed by atoms with Crippen LogP contribution in [0.3, 0.4) is 0 Å². The molecule has 3 aromatic rings. The Balaban J connectivity index is 1.47. The number of benzene rings is 3. The number of anilines is 1. The van der Waals surface area contributed by atoms with E-state index in [2.05, 4.69) is 17.4 Å². The van der Waals surface area contributed by atoms with Crippen LogP contribution in [0, 0.1) is 0 Å². The summed E-state index contributed by atoms with van der Waals surface area (Å²) in [6.45, 7) is 0. The first kappa shape index (κ1) is 17.6. The van der Waals surface area contributed by atoms with Crippen LogP contribution in [0.2, 0.25) is 0 Å². The molecular weight excluding hydrogens is 334 g/mol. The standard InChI is InChI=1S/C24H25NO2/c1-27-23-14-11-19-15-21(8-7-20(19)16-23)24(26)25-22-12-9-18(10-13-22)17-5-3-2-4-6-17/h7-17H,2-6H2,1H3,(H,25,26). The topological polar surface area (TPSA) is 38.3 Å². The van der Waals surface area contributed by atoms with Gasteiger partial charge in [0.15, 0.2) is 0 Å². The van der Waals surface area contributed by atoms with Crippen molar-refractivity contribution in [3.8, 4) is 5.75 Å². The molecule has 1 aliphatic rings. The van der Waals surface area contributed by atoms with Gasteiger partial charge in [-0.25, -0.2) is 0 Å². The third kappa shape index (κ3) is 3.97. The zero-order valence-electron chi connectivity index (χ0n) is 15.7. The summed E-state index contributed by atoms with van der Waals surface area (Å²) in [5.74, 6) is 1.41. The lowest BCUT2D eigenvalue weighted by Gasteiger charge is -2.22. The summed E-state index contributed by atoms with van der Waals surface area (Å²) < 4.78 is 5.25. The monoisotopic (exact) mass is 359 g/mol. The van der Waals surface area contributed by atoms with Gasteiger partial charge in [0.25, 0.3) is 5.91 Å². The lowest BCUT2D eigenvalue weighted by molar-refractivity contribution is 0.102. The Morgan fingerprint density at radius 1 is 0.889 bits per heavy atom. The summed E-state index contributed by atoms with van der Waals surface area (Å²) in [5, 5.41) is 5.09. The largest absolute Gasteiger partial charge is 0.497 e. The Morgan fingerprint density at radius 2 is 1.59 bits per heavy atom. The highest BCUT2D eigenvalue weighted by molar-refractivity contribution is 6.06. The molecule has 0 radical (unpaired) electrons. The van der Waals surface area contributed by atoms with E-state index >= 15 is 0 Å². The SMILES string of the molecule is COc1ccc2cc(C(=O)Nc3ccc(C4CCCCC4)cc3)ccc2c1. The van der Waals surface area contributed by atoms with E-state index in [0.29, 0.717) is 11.5 Å². The fraction of sp³-hybridized carbons (Fsp3) is 0.292. The highest BCUT2D eigenvalue weighted by atomic mass is 16.5. The van der Waals surface area contributed by atoms with Gasteiger partial charge >= 0.3 is 0 Å². The van der Waals surface area contributed by atoms with Crippen LogP contribution in [0.5, 0.6) is 5.75 Å². The molecule has 1 N–H and O–H groups in total. The summed E-state index contributed by atoms with van der Waals surface area (Å²) in [7, 11) is 1.66. The zero-order valence-corrected chi connectivity index (χ0v) is 15.7. The van der Waals surface area contributed by atoms with Crippen LogP contribution in [-0.4, -0.2) is 13.0 Å². The number of carbonyl (C=O) groups is 1. The van der Waals surface area contributed by atoms with Crippen molar-refractivity contribution in [1.29, 1.82) is 0 Å². The normalized spacial score (nSPS) is 14.9. The van der Waals surface area contributed by atoms with Crippen LogP contribution < -0.4 is 10.1 Å². The van der Waals surface area contributed by atoms with Gasteiger partial charge in [-0.3, -0.25) is 4.79 Å². The van der Waals surface area contributed by atoms with Gasteiger partial charge in [0, 0.05) is 11.3 Å². The van der Waals surface area contributed by atoms with Crippen LogP contribution >= 0.6 is 0 Å². The molecule has 0 unspecified atom stereocenters. The molecule has 3 nitrogen and oxygen atoms in total. The smallest absolute Gasteiger partial charge is 0.255 e. The third-order valence-corrected chi connectivity index (χ3v) is 5.55. The number of hydrogen-bond acceptors (Lipinski definition) is 2. The summed E-state index contributed by atoms with van der Waals surface area (Å²) in [6, 6.07) is 20.0. The zero-order chi connectivity index (χ0) is 18.6. The lowest BCUT2D eigenvalue weighted by atomic mass is 9.84. The average Bonchev–Trinajstić information content (AvgIpc) is 2.74. The van der Waals surface area contributed by atoms with Gasteiger partial charge in [-0.2, -0.15) is 0 Å². The fourth-order valence-corrected chi connectivity index (χ4v) is 3.97. The van der Waals surface area contributed by atoms with Gasteiger partial charge in [-0.05, 0) is 71.5 Å². The van der Waals surface area contributed by atoms with E-state index in [9.17, 15) is 4.79 Å². The molecule has 3 aromatic carbocycles. The molecule has 4 rings (SSSR count). The molecule has 138 valence electrons. The Hall–Kier alpha value is -2.81. The molecule has 1 fully saturated rings. The Bertz CT molecular complexity index is 940. The summed E-state index contributed by atoms with van der Waals surface area (Å²) >= 11 is 0. The number of fused-ring (bicyclic) bond motifs is 1. The van der Waals surface area contributed by atoms with Crippen LogP contribution in [0.15, 0.2) is 60.7 Å². The molecule has 27 heavy (non-hydrogen) atoms. The van der Waals surface area contributed by atoms with Gasteiger partial charge < -0.3 is 10.1 Å². The number of amides is 1. The molecule has 0 aromatic heterocycles. The quantitative estimate of drug-likeness (QED) is 0.607. The molecule has 1 saturated carbocycles. The Morgan fingerprint density at radius 3 is 2.33 bits per heavy atom. The molecule has 0 aliphatic heterocycles. The van der Waals surface area contributed by atoms with Gasteiger partial charge in [-0.1, -0.05) is 43.5 Å². The maximum Gasteiger partial charge on any atom is 0.255 e. The fourth-order valence-electron chi connectivity index (χ4n) is 3.97. The van der Waals surface area contributed by atoms with Crippen LogP contribution in [-0.2, 0) is 0 Å². The van der Waals surface area contributed by atoms with Crippen molar-refractivity contribution in [2.45, 2.75) is 38.0 Å². The summed E-state index contributed by atoms with van der Waals surface area (Å²) in [6.07, 6.45) is 6.60. The minimum atomic E-state index is -0.0851. The first-order chi connectivity index (χ1) is 13.2. The van der Waals surface area contributed by atoms with Gasteiger partial charge in [0.2, 0.25) is 0 Å². The van der Waals surface area contributed by atoms with E-state index in [1.54, 1.807) is 7.11 Å². The maximum absolute atomic E-state index is 12.6. The molecule has 0 heterocycles. The van der Waals surface area contributed by atoms with Crippen LogP contribution in [0.4, 0.5) is 5.69 Å². The molecule has 1 amide bonds. The van der Waals surface area contributed by atoms with Crippen molar-refractivity contribution < 1.29 is 9.53 Å². The van der Waals surface area contributed by atoms with E-state index in [1.165, 1.54) is 37.7 Å². The van der Waals surface area contributed by atoms with E-state index in [1.807, 2.05) is 48.5 Å². The molecule has 0 saturated heterocycles. The van der Waals surface area contributed by atoms with Crippen molar-refractivity contribution in [1.82, 2.24) is 0 Å². The van der Waals surface area contributed by atoms with E-state index in [0.717, 1.165) is 22.2 Å². The van der Waals surface area contributed by atoms with Crippen molar-refractivity contribution in [2.75, 3.05) is 12.4 Å². The molecule has 3 heteroatoms. The summed E-state index contributed by atoms with van der Waals surface area (Å²) in [4.78, 5) is 12.6. The number of carbonyl (C=O) groups excluding carboxylic acids is 1. The summed E-state index contributed by atoms with van der Waals surface area (Å²) in [5.41, 5.74) is 2.89. The second-order valence-corrected chi connectivity index (χ2v) is 7.34. The predicted molar refractivity (Wildman–Crippen MR) is 111 cm³/mol. The second kappa shape index (κ2) is 7.83. The van der Waals surface area contributed by atoms with Gasteiger partial charge in [0.1, 0.15) is 5.75 Å². The maximum atomic E-state index is 12.6. The first-order valence-electron chi connectivity index (χ1n) is 9.72. The van der Waals surface area contributed by atoms with Crippen molar-refractivity contribution in [2.24, 2.45) is 0 Å². The van der Waals surface area contributed by atoms with Crippen molar-refractivity contribution in [3.05, 3.63) is 71.8 Å². The number of rotatable bonds is 4. The lowest BCUT2D eigenvalue weighted by Crippen LogP contribution is -2.12. The minimum absolute atomic E-state index is 0.0851. The highest BCUT2D eigenvalue weighted by Gasteiger charge is 2.15. The molecule has 0 bridgehead atoms. The van der Waals surface area contributed by atoms with Gasteiger partial charge in [0.05, 0.1) is 7.11 Å². The average molecular weight is 359 g/mol. The van der Waals surface area contributed by atoms with Crippen LogP contribution in [0.25, 0.3) is 10.8 Å². The van der Waals surface area contributed by atoms with Gasteiger partial charge in [-0.15, -0.1) is 0 Å². The van der Waals surface area contributed by atoms with E-state index in [4.69, 9.17) is 4.74 Å². The second-order valence-electron chi connectivity index (χ2n) is 7.34. The van der Waals surface area contributed by atoms with Crippen LogP contribution in [0.1, 0.15) is 53.9 Å². The number of hydrogen-bond donors (Lipinski definition) is 1.